The van der Waals surface area contributed by atoms with Crippen molar-refractivity contribution in [3.63, 3.8) is 0 Å². The molecule has 0 aromatic heterocycles. The molecule has 100 valence electrons. The van der Waals surface area contributed by atoms with Crippen LogP contribution in [-0.2, 0) is 11.2 Å². The lowest BCUT2D eigenvalue weighted by molar-refractivity contribution is 0.0988. The van der Waals surface area contributed by atoms with Crippen LogP contribution in [0.4, 0.5) is 0 Å². The van der Waals surface area contributed by atoms with Gasteiger partial charge in [0.15, 0.2) is 0 Å². The molecule has 3 heteroatoms. The fraction of sp³-hybridized carbons (Fsp3) is 0.600. The van der Waals surface area contributed by atoms with Gasteiger partial charge in [0.1, 0.15) is 0 Å². The van der Waals surface area contributed by atoms with Crippen LogP contribution in [0.15, 0.2) is 28.7 Å². The second-order valence-corrected chi connectivity index (χ2v) is 6.29. The molecule has 1 saturated heterocycles. The smallest absolute Gasteiger partial charge is 0.0576 e. The van der Waals surface area contributed by atoms with Crippen LogP contribution in [0.25, 0.3) is 0 Å². The Hall–Kier alpha value is -0.0500. The normalized spacial score (nSPS) is 21.1. The molecule has 2 unspecified atom stereocenters. The van der Waals surface area contributed by atoms with Crippen LogP contribution in [0, 0.1) is 5.92 Å². The quantitative estimate of drug-likeness (QED) is 0.680. The molecular formula is C15H20BrClO. The highest BCUT2D eigenvalue weighted by Crippen LogP contribution is 2.23. The fourth-order valence-electron chi connectivity index (χ4n) is 2.52. The summed E-state index contributed by atoms with van der Waals surface area (Å²) in [6.07, 6.45) is 6.33. The maximum atomic E-state index is 6.09. The maximum Gasteiger partial charge on any atom is 0.0576 e. The fourth-order valence-corrected chi connectivity index (χ4v) is 3.23. The van der Waals surface area contributed by atoms with Gasteiger partial charge in [0.2, 0.25) is 0 Å². The van der Waals surface area contributed by atoms with E-state index in [1.54, 1.807) is 0 Å². The van der Waals surface area contributed by atoms with E-state index in [0.717, 1.165) is 29.8 Å². The lowest BCUT2D eigenvalue weighted by Gasteiger charge is -2.16. The van der Waals surface area contributed by atoms with Gasteiger partial charge in [-0.2, -0.15) is 0 Å². The van der Waals surface area contributed by atoms with Gasteiger partial charge in [-0.3, -0.25) is 0 Å². The van der Waals surface area contributed by atoms with Gasteiger partial charge in [0.05, 0.1) is 6.10 Å². The summed E-state index contributed by atoms with van der Waals surface area (Å²) < 4.78 is 6.81. The minimum absolute atomic E-state index is 0.484. The third kappa shape index (κ3) is 4.56. The van der Waals surface area contributed by atoms with Gasteiger partial charge in [0, 0.05) is 17.0 Å². The summed E-state index contributed by atoms with van der Waals surface area (Å²) >= 11 is 9.60. The number of benzene rings is 1. The number of alkyl halides is 1. The van der Waals surface area contributed by atoms with E-state index in [0.29, 0.717) is 12.0 Å². The highest BCUT2D eigenvalue weighted by molar-refractivity contribution is 9.10. The molecular weight excluding hydrogens is 312 g/mol. The second kappa shape index (κ2) is 7.52. The first-order chi connectivity index (χ1) is 8.78. The van der Waals surface area contributed by atoms with Gasteiger partial charge < -0.3 is 4.74 Å². The summed E-state index contributed by atoms with van der Waals surface area (Å²) in [6.45, 7) is 0.946. The largest absolute Gasteiger partial charge is 0.378 e. The minimum Gasteiger partial charge on any atom is -0.378 e. The molecule has 2 atom stereocenters. The molecule has 1 heterocycles. The molecule has 0 amide bonds. The van der Waals surface area contributed by atoms with Crippen LogP contribution in [0.2, 0.25) is 0 Å². The monoisotopic (exact) mass is 330 g/mol. The van der Waals surface area contributed by atoms with Gasteiger partial charge >= 0.3 is 0 Å². The Labute approximate surface area is 123 Å². The van der Waals surface area contributed by atoms with Gasteiger partial charge in [-0.05, 0) is 55.7 Å². The van der Waals surface area contributed by atoms with Gasteiger partial charge in [-0.25, -0.2) is 0 Å². The average Bonchev–Trinajstić information content (AvgIpc) is 2.87. The number of rotatable bonds is 6. The van der Waals surface area contributed by atoms with E-state index in [4.69, 9.17) is 16.3 Å². The summed E-state index contributed by atoms with van der Waals surface area (Å²) in [4.78, 5) is 0. The van der Waals surface area contributed by atoms with Crippen molar-refractivity contribution in [3.8, 4) is 0 Å². The number of hydrogen-bond acceptors (Lipinski definition) is 1. The van der Waals surface area contributed by atoms with Gasteiger partial charge in [-0.15, -0.1) is 11.6 Å². The van der Waals surface area contributed by atoms with Crippen molar-refractivity contribution in [3.05, 3.63) is 34.3 Å². The Kier molecular flexibility index (Phi) is 6.00. The van der Waals surface area contributed by atoms with E-state index >= 15 is 0 Å². The van der Waals surface area contributed by atoms with Crippen LogP contribution in [0.5, 0.6) is 0 Å². The Morgan fingerprint density at radius 1 is 1.44 bits per heavy atom. The van der Waals surface area contributed by atoms with Gasteiger partial charge in [-0.1, -0.05) is 28.1 Å². The summed E-state index contributed by atoms with van der Waals surface area (Å²) in [7, 11) is 0. The lowest BCUT2D eigenvalue weighted by Crippen LogP contribution is -2.12. The minimum atomic E-state index is 0.484. The van der Waals surface area contributed by atoms with E-state index in [9.17, 15) is 0 Å². The van der Waals surface area contributed by atoms with Gasteiger partial charge in [0.25, 0.3) is 0 Å². The zero-order valence-electron chi connectivity index (χ0n) is 10.6. The van der Waals surface area contributed by atoms with Crippen molar-refractivity contribution in [1.29, 1.82) is 0 Å². The molecule has 1 aromatic carbocycles. The predicted octanol–water partition coefficient (Wildman–Crippen LogP) is 4.81. The number of hydrogen-bond donors (Lipinski definition) is 0. The summed E-state index contributed by atoms with van der Waals surface area (Å²) in [5.41, 5.74) is 1.36. The van der Waals surface area contributed by atoms with Crippen molar-refractivity contribution < 1.29 is 4.74 Å². The first-order valence-electron chi connectivity index (χ1n) is 6.70. The predicted molar refractivity (Wildman–Crippen MR) is 80.3 cm³/mol. The van der Waals surface area contributed by atoms with Crippen molar-refractivity contribution in [2.75, 3.05) is 12.5 Å². The standard InChI is InChI=1S/C15H20BrClO/c16-14-4-1-3-12(10-14)9-13(11-17)6-7-15-5-2-8-18-15/h1,3-4,10,13,15H,2,5-9,11H2. The van der Waals surface area contributed by atoms with E-state index < -0.39 is 0 Å². The molecule has 1 fully saturated rings. The highest BCUT2D eigenvalue weighted by Gasteiger charge is 2.17. The zero-order chi connectivity index (χ0) is 12.8. The molecule has 0 bridgehead atoms. The Balaban J connectivity index is 1.81. The van der Waals surface area contributed by atoms with Crippen LogP contribution in [0.3, 0.4) is 0 Å². The van der Waals surface area contributed by atoms with Crippen molar-refractivity contribution in [2.24, 2.45) is 5.92 Å². The molecule has 2 rings (SSSR count). The third-order valence-corrected chi connectivity index (χ3v) is 4.48. The van der Waals surface area contributed by atoms with Crippen molar-refractivity contribution in [2.45, 2.75) is 38.2 Å². The van der Waals surface area contributed by atoms with E-state index in [1.165, 1.54) is 24.8 Å². The molecule has 1 aliphatic heterocycles. The van der Waals surface area contributed by atoms with Crippen LogP contribution in [0.1, 0.15) is 31.2 Å². The summed E-state index contributed by atoms with van der Waals surface area (Å²) in [6, 6.07) is 8.51. The zero-order valence-corrected chi connectivity index (χ0v) is 12.9. The van der Waals surface area contributed by atoms with E-state index in [-0.39, 0.29) is 0 Å². The SMILES string of the molecule is ClCC(CCC1CCCO1)Cc1cccc(Br)c1. The summed E-state index contributed by atoms with van der Waals surface area (Å²) in [5, 5.41) is 0. The Morgan fingerprint density at radius 2 is 2.33 bits per heavy atom. The van der Waals surface area contributed by atoms with Crippen molar-refractivity contribution >= 4 is 27.5 Å². The maximum absolute atomic E-state index is 6.09. The molecule has 1 aromatic rings. The van der Waals surface area contributed by atoms with Crippen LogP contribution < -0.4 is 0 Å². The van der Waals surface area contributed by atoms with Crippen molar-refractivity contribution in [1.82, 2.24) is 0 Å². The number of halogens is 2. The number of ether oxygens (including phenoxy) is 1. The van der Waals surface area contributed by atoms with E-state index in [2.05, 4.69) is 40.2 Å². The van der Waals surface area contributed by atoms with Crippen LogP contribution in [-0.4, -0.2) is 18.6 Å². The topological polar surface area (TPSA) is 9.23 Å². The molecule has 0 N–H and O–H groups in total. The molecule has 0 spiro atoms. The molecule has 0 aliphatic carbocycles. The first-order valence-corrected chi connectivity index (χ1v) is 8.02. The lowest BCUT2D eigenvalue weighted by atomic mass is 9.94. The second-order valence-electron chi connectivity index (χ2n) is 5.07. The first kappa shape index (κ1) is 14.4. The Bertz CT molecular complexity index is 363. The molecule has 18 heavy (non-hydrogen) atoms. The third-order valence-electron chi connectivity index (χ3n) is 3.55. The molecule has 1 nitrogen and oxygen atoms in total. The summed E-state index contributed by atoms with van der Waals surface area (Å²) in [5.74, 6) is 1.30. The average molecular weight is 332 g/mol. The van der Waals surface area contributed by atoms with E-state index in [1.807, 2.05) is 0 Å². The molecule has 0 saturated carbocycles. The molecule has 1 aliphatic rings. The van der Waals surface area contributed by atoms with Crippen LogP contribution >= 0.6 is 27.5 Å². The molecule has 0 radical (unpaired) electrons. The highest BCUT2D eigenvalue weighted by atomic mass is 79.9. The Morgan fingerprint density at radius 3 is 3.00 bits per heavy atom.